The summed E-state index contributed by atoms with van der Waals surface area (Å²) in [6, 6.07) is 7.55. The summed E-state index contributed by atoms with van der Waals surface area (Å²) < 4.78 is 13.4. The second-order valence-electron chi connectivity index (χ2n) is 8.21. The van der Waals surface area contributed by atoms with Gasteiger partial charge in [-0.3, -0.25) is 0 Å². The van der Waals surface area contributed by atoms with E-state index >= 15 is 0 Å². The predicted molar refractivity (Wildman–Crippen MR) is 111 cm³/mol. The van der Waals surface area contributed by atoms with Crippen molar-refractivity contribution < 1.29 is 14.6 Å². The van der Waals surface area contributed by atoms with Crippen molar-refractivity contribution in [1.29, 1.82) is 0 Å². The van der Waals surface area contributed by atoms with Crippen LogP contribution in [0, 0.1) is 17.7 Å². The van der Waals surface area contributed by atoms with Crippen LogP contribution in [-0.2, 0) is 6.42 Å². The Morgan fingerprint density at radius 1 is 1.00 bits per heavy atom. The van der Waals surface area contributed by atoms with E-state index in [1.165, 1.54) is 25.0 Å². The Bertz CT molecular complexity index is 926. The number of halogens is 1. The fraction of sp³-hybridized carbons (Fsp3) is 0.435. The van der Waals surface area contributed by atoms with Crippen LogP contribution in [0.4, 0.5) is 4.39 Å². The lowest BCUT2D eigenvalue weighted by atomic mass is 9.93. The van der Waals surface area contributed by atoms with Gasteiger partial charge in [-0.05, 0) is 48.9 Å². The number of hydrogen-bond donors (Lipinski definition) is 3. The largest absolute Gasteiger partial charge is 0.508 e. The number of phenols is 2. The van der Waals surface area contributed by atoms with Gasteiger partial charge < -0.3 is 15.2 Å². The molecular formula is C23H29FN2O2. The molecule has 3 rings (SSSR count). The van der Waals surface area contributed by atoms with Gasteiger partial charge in [-0.15, -0.1) is 0 Å². The average molecular weight is 384 g/mol. The molecule has 1 unspecified atom stereocenters. The van der Waals surface area contributed by atoms with E-state index in [-0.39, 0.29) is 17.3 Å². The highest BCUT2D eigenvalue weighted by molar-refractivity contribution is 5.80. The first-order valence-corrected chi connectivity index (χ1v) is 10.0. The highest BCUT2D eigenvalue weighted by Gasteiger charge is 2.15. The number of aromatic amines is 1. The summed E-state index contributed by atoms with van der Waals surface area (Å²) in [4.78, 5) is 7.46. The van der Waals surface area contributed by atoms with Gasteiger partial charge in [0.05, 0.1) is 11.0 Å². The fourth-order valence-electron chi connectivity index (χ4n) is 3.56. The SMILES string of the molecule is CC(C)CCCC(C)CCc1c(O)cc(-c2nc3cc(F)ccc3[nH]2)cc1O. The number of benzene rings is 2. The molecule has 0 aliphatic rings. The first-order valence-electron chi connectivity index (χ1n) is 10.0. The van der Waals surface area contributed by atoms with Crippen molar-refractivity contribution >= 4 is 11.0 Å². The number of fused-ring (bicyclic) bond motifs is 1. The summed E-state index contributed by atoms with van der Waals surface area (Å²) in [7, 11) is 0. The number of aromatic nitrogens is 2. The standard InChI is InChI=1S/C23H29FN2O2/c1-14(2)5-4-6-15(3)7-9-18-21(27)11-16(12-22(18)28)23-25-19-10-8-17(24)13-20(19)26-23/h8,10-15,27-28H,4-7,9H2,1-3H3,(H,25,26). The molecule has 0 fully saturated rings. The number of phenolic OH excluding ortho intramolecular Hbond substituents is 2. The van der Waals surface area contributed by atoms with Crippen LogP contribution in [0.15, 0.2) is 30.3 Å². The van der Waals surface area contributed by atoms with E-state index in [1.54, 1.807) is 18.2 Å². The molecule has 0 aliphatic heterocycles. The maximum absolute atomic E-state index is 13.4. The molecule has 5 heteroatoms. The van der Waals surface area contributed by atoms with Gasteiger partial charge in [-0.25, -0.2) is 9.37 Å². The Kier molecular flexibility index (Phi) is 6.22. The first-order chi connectivity index (χ1) is 13.3. The molecule has 0 spiro atoms. The smallest absolute Gasteiger partial charge is 0.138 e. The molecule has 3 N–H and O–H groups in total. The Hall–Kier alpha value is -2.56. The predicted octanol–water partition coefficient (Wildman–Crippen LogP) is 6.18. The molecule has 1 atom stereocenters. The maximum atomic E-state index is 13.4. The van der Waals surface area contributed by atoms with E-state index in [9.17, 15) is 14.6 Å². The van der Waals surface area contributed by atoms with Crippen LogP contribution in [0.25, 0.3) is 22.4 Å². The summed E-state index contributed by atoms with van der Waals surface area (Å²) >= 11 is 0. The van der Waals surface area contributed by atoms with Crippen molar-refractivity contribution in [1.82, 2.24) is 9.97 Å². The monoisotopic (exact) mass is 384 g/mol. The molecule has 0 aliphatic carbocycles. The van der Waals surface area contributed by atoms with Gasteiger partial charge in [0, 0.05) is 17.2 Å². The molecule has 1 heterocycles. The molecule has 1 aromatic heterocycles. The number of nitrogens with one attached hydrogen (secondary N) is 1. The quantitative estimate of drug-likeness (QED) is 0.435. The van der Waals surface area contributed by atoms with Gasteiger partial charge in [-0.1, -0.05) is 40.0 Å². The van der Waals surface area contributed by atoms with E-state index < -0.39 is 0 Å². The van der Waals surface area contributed by atoms with Gasteiger partial charge in [0.15, 0.2) is 0 Å². The zero-order valence-electron chi connectivity index (χ0n) is 16.8. The highest BCUT2D eigenvalue weighted by Crippen LogP contribution is 2.35. The number of imidazole rings is 1. The number of hydrogen-bond acceptors (Lipinski definition) is 3. The van der Waals surface area contributed by atoms with Crippen LogP contribution in [0.1, 0.15) is 52.0 Å². The summed E-state index contributed by atoms with van der Waals surface area (Å²) in [5, 5.41) is 20.9. The zero-order chi connectivity index (χ0) is 20.3. The van der Waals surface area contributed by atoms with E-state index in [1.807, 2.05) is 0 Å². The van der Waals surface area contributed by atoms with Gasteiger partial charge in [0.2, 0.25) is 0 Å². The molecular weight excluding hydrogens is 355 g/mol. The lowest BCUT2D eigenvalue weighted by Gasteiger charge is -2.14. The van der Waals surface area contributed by atoms with Crippen molar-refractivity contribution in [2.24, 2.45) is 11.8 Å². The molecule has 2 aromatic carbocycles. The molecule has 0 saturated carbocycles. The average Bonchev–Trinajstić information content (AvgIpc) is 3.03. The summed E-state index contributed by atoms with van der Waals surface area (Å²) in [5.74, 6) is 1.53. The molecule has 0 amide bonds. The lowest BCUT2D eigenvalue weighted by Crippen LogP contribution is -2.00. The zero-order valence-corrected chi connectivity index (χ0v) is 16.8. The Morgan fingerprint density at radius 2 is 1.71 bits per heavy atom. The third kappa shape index (κ3) is 4.83. The Labute approximate surface area is 165 Å². The Balaban J connectivity index is 1.71. The van der Waals surface area contributed by atoms with E-state index in [0.717, 1.165) is 18.8 Å². The molecule has 150 valence electrons. The minimum atomic E-state index is -0.353. The van der Waals surface area contributed by atoms with Crippen LogP contribution < -0.4 is 0 Å². The second kappa shape index (κ2) is 8.63. The summed E-state index contributed by atoms with van der Waals surface area (Å²) in [6.07, 6.45) is 5.15. The molecule has 3 aromatic rings. The van der Waals surface area contributed by atoms with Gasteiger partial charge in [-0.2, -0.15) is 0 Å². The van der Waals surface area contributed by atoms with Gasteiger partial charge in [0.1, 0.15) is 23.1 Å². The van der Waals surface area contributed by atoms with Crippen molar-refractivity contribution in [3.05, 3.63) is 41.7 Å². The fourth-order valence-corrected chi connectivity index (χ4v) is 3.56. The molecule has 0 radical (unpaired) electrons. The summed E-state index contributed by atoms with van der Waals surface area (Å²) in [6.45, 7) is 6.69. The van der Waals surface area contributed by atoms with Crippen LogP contribution >= 0.6 is 0 Å². The van der Waals surface area contributed by atoms with Gasteiger partial charge in [0.25, 0.3) is 0 Å². The van der Waals surface area contributed by atoms with Gasteiger partial charge >= 0.3 is 0 Å². The minimum absolute atomic E-state index is 0.0658. The third-order valence-corrected chi connectivity index (χ3v) is 5.29. The molecule has 28 heavy (non-hydrogen) atoms. The first kappa shape index (κ1) is 20.2. The van der Waals surface area contributed by atoms with Crippen LogP contribution in [0.5, 0.6) is 11.5 Å². The third-order valence-electron chi connectivity index (χ3n) is 5.29. The Morgan fingerprint density at radius 3 is 2.39 bits per heavy atom. The van der Waals surface area contributed by atoms with Crippen LogP contribution in [-0.4, -0.2) is 20.2 Å². The second-order valence-corrected chi connectivity index (χ2v) is 8.21. The lowest BCUT2D eigenvalue weighted by molar-refractivity contribution is 0.414. The van der Waals surface area contributed by atoms with Crippen molar-refractivity contribution in [2.45, 2.75) is 52.9 Å². The normalized spacial score (nSPS) is 12.8. The van der Waals surface area contributed by atoms with E-state index in [2.05, 4.69) is 30.7 Å². The topological polar surface area (TPSA) is 69.1 Å². The molecule has 0 saturated heterocycles. The van der Waals surface area contributed by atoms with Crippen molar-refractivity contribution in [2.75, 3.05) is 0 Å². The number of nitrogens with zero attached hydrogens (tertiary/aromatic N) is 1. The maximum Gasteiger partial charge on any atom is 0.138 e. The van der Waals surface area contributed by atoms with Crippen molar-refractivity contribution in [3.63, 3.8) is 0 Å². The van der Waals surface area contributed by atoms with Crippen molar-refractivity contribution in [3.8, 4) is 22.9 Å². The van der Waals surface area contributed by atoms with Crippen LogP contribution in [0.3, 0.4) is 0 Å². The summed E-state index contributed by atoms with van der Waals surface area (Å²) in [5.41, 5.74) is 2.35. The molecule has 0 bridgehead atoms. The number of H-pyrrole nitrogens is 1. The van der Waals surface area contributed by atoms with E-state index in [0.29, 0.717) is 40.3 Å². The highest BCUT2D eigenvalue weighted by atomic mass is 19.1. The van der Waals surface area contributed by atoms with E-state index in [4.69, 9.17) is 0 Å². The molecule has 4 nitrogen and oxygen atoms in total. The number of rotatable bonds is 8. The minimum Gasteiger partial charge on any atom is -0.508 e. The van der Waals surface area contributed by atoms with Crippen LogP contribution in [0.2, 0.25) is 0 Å². The number of aromatic hydroxyl groups is 2.